The summed E-state index contributed by atoms with van der Waals surface area (Å²) in [5.41, 5.74) is 1.68. The van der Waals surface area contributed by atoms with E-state index in [0.29, 0.717) is 38.5 Å². The highest BCUT2D eigenvalue weighted by Gasteiger charge is 2.14. The molecule has 0 fully saturated rings. The highest BCUT2D eigenvalue weighted by atomic mass is 35.5. The second-order valence-electron chi connectivity index (χ2n) is 5.57. The van der Waals surface area contributed by atoms with Crippen LogP contribution in [0.2, 0.25) is 5.02 Å². The van der Waals surface area contributed by atoms with Crippen molar-refractivity contribution < 1.29 is 18.7 Å². The normalized spacial score (nSPS) is 10.5. The van der Waals surface area contributed by atoms with Gasteiger partial charge in [-0.2, -0.15) is 0 Å². The third-order valence-electron chi connectivity index (χ3n) is 3.71. The Morgan fingerprint density at radius 3 is 2.67 bits per heavy atom. The van der Waals surface area contributed by atoms with Crippen molar-refractivity contribution in [3.63, 3.8) is 0 Å². The van der Waals surface area contributed by atoms with Crippen LogP contribution in [0.25, 0.3) is 10.6 Å². The average Bonchev–Trinajstić information content (AvgIpc) is 3.11. The molecule has 0 atom stereocenters. The van der Waals surface area contributed by atoms with Gasteiger partial charge >= 0.3 is 0 Å². The summed E-state index contributed by atoms with van der Waals surface area (Å²) in [6.45, 7) is 0. The first-order chi connectivity index (χ1) is 13.0. The van der Waals surface area contributed by atoms with Crippen LogP contribution in [0.5, 0.6) is 11.5 Å². The summed E-state index contributed by atoms with van der Waals surface area (Å²) in [5, 5.41) is 5.50. The van der Waals surface area contributed by atoms with Crippen molar-refractivity contribution in [2.24, 2.45) is 0 Å². The minimum absolute atomic E-state index is 0.0660. The van der Waals surface area contributed by atoms with Crippen LogP contribution < -0.4 is 14.8 Å². The number of anilines is 1. The molecular formula is C19H16ClFN2O3S. The zero-order valence-electron chi connectivity index (χ0n) is 14.6. The fourth-order valence-electron chi connectivity index (χ4n) is 2.45. The van der Waals surface area contributed by atoms with Crippen molar-refractivity contribution in [3.05, 3.63) is 58.3 Å². The van der Waals surface area contributed by atoms with Gasteiger partial charge in [0.2, 0.25) is 5.91 Å². The fourth-order valence-corrected chi connectivity index (χ4v) is 3.47. The Hall–Kier alpha value is -2.64. The molecule has 0 aliphatic heterocycles. The number of carbonyl (C=O) groups excluding carboxylic acids is 1. The number of thiazole rings is 1. The van der Waals surface area contributed by atoms with Gasteiger partial charge in [0, 0.05) is 23.1 Å². The van der Waals surface area contributed by atoms with E-state index >= 15 is 0 Å². The second kappa shape index (κ2) is 8.37. The van der Waals surface area contributed by atoms with E-state index < -0.39 is 0 Å². The number of aromatic nitrogens is 1. The lowest BCUT2D eigenvalue weighted by atomic mass is 10.2. The Balaban J connectivity index is 1.72. The third kappa shape index (κ3) is 4.56. The van der Waals surface area contributed by atoms with E-state index in [1.807, 2.05) is 0 Å². The van der Waals surface area contributed by atoms with Gasteiger partial charge in [0.05, 0.1) is 37.0 Å². The first kappa shape index (κ1) is 19.1. The number of methoxy groups -OCH3 is 2. The summed E-state index contributed by atoms with van der Waals surface area (Å²) in [7, 11) is 3.01. The SMILES string of the molecule is COc1cc(Cl)c(NC(=O)Cc2csc(-c3cccc(F)c3)n2)cc1OC. The van der Waals surface area contributed by atoms with Gasteiger partial charge in [-0.15, -0.1) is 11.3 Å². The minimum atomic E-state index is -0.329. The molecule has 3 aromatic rings. The van der Waals surface area contributed by atoms with Crippen LogP contribution in [0.4, 0.5) is 10.1 Å². The van der Waals surface area contributed by atoms with Gasteiger partial charge in [-0.3, -0.25) is 4.79 Å². The molecule has 1 aromatic heterocycles. The lowest BCUT2D eigenvalue weighted by Crippen LogP contribution is -2.15. The van der Waals surface area contributed by atoms with Crippen LogP contribution in [0.1, 0.15) is 5.69 Å². The van der Waals surface area contributed by atoms with Crippen molar-refractivity contribution in [2.45, 2.75) is 6.42 Å². The first-order valence-corrected chi connectivity index (χ1v) is 9.17. The molecule has 0 saturated carbocycles. The van der Waals surface area contributed by atoms with Crippen LogP contribution in [0, 0.1) is 5.82 Å². The number of rotatable bonds is 6. The molecule has 27 heavy (non-hydrogen) atoms. The summed E-state index contributed by atoms with van der Waals surface area (Å²) in [6.07, 6.45) is 0.0660. The molecule has 2 aromatic carbocycles. The number of nitrogens with one attached hydrogen (secondary N) is 1. The molecule has 0 aliphatic rings. The average molecular weight is 407 g/mol. The summed E-state index contributed by atoms with van der Waals surface area (Å²) in [6, 6.07) is 9.34. The summed E-state index contributed by atoms with van der Waals surface area (Å²) in [4.78, 5) is 16.8. The lowest BCUT2D eigenvalue weighted by molar-refractivity contribution is -0.115. The van der Waals surface area contributed by atoms with Crippen LogP contribution in [0.3, 0.4) is 0 Å². The van der Waals surface area contributed by atoms with Gasteiger partial charge in [-0.25, -0.2) is 9.37 Å². The molecule has 140 valence electrons. The summed E-state index contributed by atoms with van der Waals surface area (Å²) < 4.78 is 23.7. The smallest absolute Gasteiger partial charge is 0.230 e. The maximum atomic E-state index is 13.3. The maximum absolute atomic E-state index is 13.3. The molecular weight excluding hydrogens is 391 g/mol. The molecule has 0 aliphatic carbocycles. The predicted molar refractivity (Wildman–Crippen MR) is 104 cm³/mol. The van der Waals surface area contributed by atoms with E-state index in [1.54, 1.807) is 29.6 Å². The predicted octanol–water partition coefficient (Wildman–Crippen LogP) is 4.80. The van der Waals surface area contributed by atoms with Crippen LogP contribution in [0.15, 0.2) is 41.8 Å². The Bertz CT molecular complexity index is 977. The van der Waals surface area contributed by atoms with E-state index in [1.165, 1.54) is 37.7 Å². The van der Waals surface area contributed by atoms with Crippen molar-refractivity contribution in [2.75, 3.05) is 19.5 Å². The van der Waals surface area contributed by atoms with E-state index in [0.717, 1.165) is 0 Å². The highest BCUT2D eigenvalue weighted by molar-refractivity contribution is 7.13. The number of carbonyl (C=O) groups is 1. The Morgan fingerprint density at radius 1 is 1.22 bits per heavy atom. The largest absolute Gasteiger partial charge is 0.493 e. The van der Waals surface area contributed by atoms with Gasteiger partial charge in [0.1, 0.15) is 10.8 Å². The van der Waals surface area contributed by atoms with Crippen molar-refractivity contribution >= 4 is 34.5 Å². The molecule has 0 radical (unpaired) electrons. The number of hydrogen-bond acceptors (Lipinski definition) is 5. The van der Waals surface area contributed by atoms with Gasteiger partial charge in [0.15, 0.2) is 11.5 Å². The van der Waals surface area contributed by atoms with Crippen LogP contribution >= 0.6 is 22.9 Å². The topological polar surface area (TPSA) is 60.5 Å². The monoisotopic (exact) mass is 406 g/mol. The Kier molecular flexibility index (Phi) is 5.93. The van der Waals surface area contributed by atoms with E-state index in [4.69, 9.17) is 21.1 Å². The minimum Gasteiger partial charge on any atom is -0.493 e. The van der Waals surface area contributed by atoms with E-state index in [2.05, 4.69) is 10.3 Å². The summed E-state index contributed by atoms with van der Waals surface area (Å²) >= 11 is 7.54. The molecule has 0 bridgehead atoms. The second-order valence-corrected chi connectivity index (χ2v) is 6.83. The highest BCUT2D eigenvalue weighted by Crippen LogP contribution is 2.36. The van der Waals surface area contributed by atoms with Crippen molar-refractivity contribution in [1.29, 1.82) is 0 Å². The zero-order chi connectivity index (χ0) is 19.4. The molecule has 0 unspecified atom stereocenters. The number of ether oxygens (including phenoxy) is 2. The molecule has 0 spiro atoms. The molecule has 1 amide bonds. The van der Waals surface area contributed by atoms with Crippen molar-refractivity contribution in [3.8, 4) is 22.1 Å². The molecule has 0 saturated heterocycles. The number of nitrogens with zero attached hydrogens (tertiary/aromatic N) is 1. The molecule has 1 N–H and O–H groups in total. The molecule has 1 heterocycles. The van der Waals surface area contributed by atoms with Crippen LogP contribution in [-0.2, 0) is 11.2 Å². The zero-order valence-corrected chi connectivity index (χ0v) is 16.2. The number of benzene rings is 2. The summed E-state index contributed by atoms with van der Waals surface area (Å²) in [5.74, 6) is 0.323. The number of amides is 1. The van der Waals surface area contributed by atoms with Crippen molar-refractivity contribution in [1.82, 2.24) is 4.98 Å². The fraction of sp³-hybridized carbons (Fsp3) is 0.158. The van der Waals surface area contributed by atoms with E-state index in [9.17, 15) is 9.18 Å². The third-order valence-corrected chi connectivity index (χ3v) is 4.97. The Morgan fingerprint density at radius 2 is 1.96 bits per heavy atom. The van der Waals surface area contributed by atoms with E-state index in [-0.39, 0.29) is 18.1 Å². The van der Waals surface area contributed by atoms with Gasteiger partial charge < -0.3 is 14.8 Å². The number of hydrogen-bond donors (Lipinski definition) is 1. The van der Waals surface area contributed by atoms with Gasteiger partial charge in [-0.05, 0) is 12.1 Å². The molecule has 5 nitrogen and oxygen atoms in total. The maximum Gasteiger partial charge on any atom is 0.230 e. The first-order valence-electron chi connectivity index (χ1n) is 7.92. The standard InChI is InChI=1S/C19H16ClFN2O3S/c1-25-16-8-14(20)15(9-17(16)26-2)23-18(24)7-13-10-27-19(22-13)11-4-3-5-12(21)6-11/h3-6,8-10H,7H2,1-2H3,(H,23,24). The van der Waals surface area contributed by atoms with Gasteiger partial charge in [0.25, 0.3) is 0 Å². The van der Waals surface area contributed by atoms with Crippen LogP contribution in [-0.4, -0.2) is 25.1 Å². The quantitative estimate of drug-likeness (QED) is 0.638. The molecule has 8 heteroatoms. The number of halogens is 2. The lowest BCUT2D eigenvalue weighted by Gasteiger charge is -2.12. The van der Waals surface area contributed by atoms with Gasteiger partial charge in [-0.1, -0.05) is 23.7 Å². The molecule has 3 rings (SSSR count). The Labute approximate surface area is 164 Å².